The van der Waals surface area contributed by atoms with E-state index in [0.717, 1.165) is 11.3 Å². The molecule has 0 aliphatic heterocycles. The summed E-state index contributed by atoms with van der Waals surface area (Å²) in [6.07, 6.45) is 1.84. The van der Waals surface area contributed by atoms with Crippen molar-refractivity contribution in [3.63, 3.8) is 0 Å². The Kier molecular flexibility index (Phi) is 4.94. The summed E-state index contributed by atoms with van der Waals surface area (Å²) in [7, 11) is 1.91. The molecule has 0 bridgehead atoms. The minimum Gasteiger partial charge on any atom is -0.491 e. The standard InChI is InChI=1S/C15H19N3O3/c1-11-12(10-17-18(11)2)9-16-7-8-21-14-6-4-3-5-13(14)15(19)20/h3-6,10,16H,7-9H2,1-2H3,(H,19,20). The summed E-state index contributed by atoms with van der Waals surface area (Å²) in [5.74, 6) is -0.589. The van der Waals surface area contributed by atoms with Gasteiger partial charge in [-0.25, -0.2) is 4.79 Å². The molecule has 0 radical (unpaired) electrons. The van der Waals surface area contributed by atoms with Crippen LogP contribution in [0.2, 0.25) is 0 Å². The van der Waals surface area contributed by atoms with Gasteiger partial charge in [-0.15, -0.1) is 0 Å². The molecule has 6 nitrogen and oxygen atoms in total. The van der Waals surface area contributed by atoms with Gasteiger partial charge in [0.25, 0.3) is 0 Å². The van der Waals surface area contributed by atoms with Crippen LogP contribution in [0.3, 0.4) is 0 Å². The number of nitrogens with one attached hydrogen (secondary N) is 1. The number of benzene rings is 1. The second-order valence-electron chi connectivity index (χ2n) is 4.71. The summed E-state index contributed by atoms with van der Waals surface area (Å²) < 4.78 is 7.34. The fraction of sp³-hybridized carbons (Fsp3) is 0.333. The van der Waals surface area contributed by atoms with E-state index in [4.69, 9.17) is 9.84 Å². The Balaban J connectivity index is 1.78. The van der Waals surface area contributed by atoms with E-state index in [0.29, 0.717) is 25.4 Å². The summed E-state index contributed by atoms with van der Waals surface area (Å²) in [4.78, 5) is 11.0. The molecule has 2 N–H and O–H groups in total. The lowest BCUT2D eigenvalue weighted by Crippen LogP contribution is -2.21. The van der Waals surface area contributed by atoms with Crippen molar-refractivity contribution in [1.29, 1.82) is 0 Å². The maximum atomic E-state index is 11.0. The van der Waals surface area contributed by atoms with Gasteiger partial charge in [0, 0.05) is 31.4 Å². The van der Waals surface area contributed by atoms with Crippen molar-refractivity contribution >= 4 is 5.97 Å². The van der Waals surface area contributed by atoms with Crippen LogP contribution in [0.5, 0.6) is 5.75 Å². The third kappa shape index (κ3) is 3.82. The summed E-state index contributed by atoms with van der Waals surface area (Å²) in [5, 5.41) is 16.5. The molecule has 0 spiro atoms. The highest BCUT2D eigenvalue weighted by molar-refractivity contribution is 5.90. The molecule has 0 amide bonds. The quantitative estimate of drug-likeness (QED) is 0.757. The number of carboxylic acids is 1. The fourth-order valence-electron chi connectivity index (χ4n) is 1.94. The minimum atomic E-state index is -0.982. The number of hydrogen-bond donors (Lipinski definition) is 2. The van der Waals surface area contributed by atoms with Gasteiger partial charge in [-0.05, 0) is 19.1 Å². The lowest BCUT2D eigenvalue weighted by molar-refractivity contribution is 0.0692. The molecule has 0 aliphatic rings. The van der Waals surface area contributed by atoms with Gasteiger partial charge in [0.2, 0.25) is 0 Å². The van der Waals surface area contributed by atoms with E-state index in [-0.39, 0.29) is 5.56 Å². The van der Waals surface area contributed by atoms with Crippen LogP contribution in [0, 0.1) is 6.92 Å². The normalized spacial score (nSPS) is 10.6. The van der Waals surface area contributed by atoms with Crippen LogP contribution in [0.25, 0.3) is 0 Å². The third-order valence-corrected chi connectivity index (χ3v) is 3.31. The molecule has 112 valence electrons. The van der Waals surface area contributed by atoms with Gasteiger partial charge in [0.15, 0.2) is 0 Å². The van der Waals surface area contributed by atoms with Crippen LogP contribution >= 0.6 is 0 Å². The number of aromatic carboxylic acids is 1. The van der Waals surface area contributed by atoms with Crippen LogP contribution in [-0.4, -0.2) is 34.0 Å². The Bertz CT molecular complexity index is 622. The molecular formula is C15H19N3O3. The smallest absolute Gasteiger partial charge is 0.339 e. The number of carboxylic acid groups (broad SMARTS) is 1. The highest BCUT2D eigenvalue weighted by atomic mass is 16.5. The van der Waals surface area contributed by atoms with E-state index < -0.39 is 5.97 Å². The average Bonchev–Trinajstić information content (AvgIpc) is 2.79. The zero-order chi connectivity index (χ0) is 15.2. The van der Waals surface area contributed by atoms with Crippen LogP contribution in [0.1, 0.15) is 21.6 Å². The van der Waals surface area contributed by atoms with Crippen LogP contribution in [0.4, 0.5) is 0 Å². The number of para-hydroxylation sites is 1. The zero-order valence-electron chi connectivity index (χ0n) is 12.2. The summed E-state index contributed by atoms with van der Waals surface area (Å²) >= 11 is 0. The lowest BCUT2D eigenvalue weighted by atomic mass is 10.2. The molecule has 0 atom stereocenters. The first-order valence-electron chi connectivity index (χ1n) is 6.73. The number of nitrogens with zero attached hydrogens (tertiary/aromatic N) is 2. The molecule has 21 heavy (non-hydrogen) atoms. The third-order valence-electron chi connectivity index (χ3n) is 3.31. The Hall–Kier alpha value is -2.34. The largest absolute Gasteiger partial charge is 0.491 e. The van der Waals surface area contributed by atoms with Gasteiger partial charge in [-0.3, -0.25) is 4.68 Å². The van der Waals surface area contributed by atoms with E-state index in [1.165, 1.54) is 6.07 Å². The minimum absolute atomic E-state index is 0.181. The molecule has 1 heterocycles. The van der Waals surface area contributed by atoms with Crippen molar-refractivity contribution in [2.24, 2.45) is 7.05 Å². The van der Waals surface area contributed by atoms with E-state index in [9.17, 15) is 4.79 Å². The molecule has 0 aliphatic carbocycles. The topological polar surface area (TPSA) is 76.4 Å². The van der Waals surface area contributed by atoms with E-state index in [2.05, 4.69) is 10.4 Å². The highest BCUT2D eigenvalue weighted by Gasteiger charge is 2.09. The lowest BCUT2D eigenvalue weighted by Gasteiger charge is -2.09. The van der Waals surface area contributed by atoms with Gasteiger partial charge in [-0.2, -0.15) is 5.10 Å². The van der Waals surface area contributed by atoms with E-state index in [1.807, 2.05) is 24.9 Å². The van der Waals surface area contributed by atoms with Gasteiger partial charge in [-0.1, -0.05) is 12.1 Å². The van der Waals surface area contributed by atoms with Gasteiger partial charge in [0.05, 0.1) is 6.20 Å². The zero-order valence-corrected chi connectivity index (χ0v) is 12.2. The first kappa shape index (κ1) is 15.1. The number of rotatable bonds is 7. The second kappa shape index (κ2) is 6.90. The predicted octanol–water partition coefficient (Wildman–Crippen LogP) is 1.60. The number of aromatic nitrogens is 2. The van der Waals surface area contributed by atoms with Crippen molar-refractivity contribution in [1.82, 2.24) is 15.1 Å². The average molecular weight is 289 g/mol. The molecule has 0 saturated heterocycles. The predicted molar refractivity (Wildman–Crippen MR) is 78.5 cm³/mol. The fourth-order valence-corrected chi connectivity index (χ4v) is 1.94. The number of ether oxygens (including phenoxy) is 1. The maximum Gasteiger partial charge on any atom is 0.339 e. The first-order valence-corrected chi connectivity index (χ1v) is 6.73. The number of aryl methyl sites for hydroxylation is 1. The first-order chi connectivity index (χ1) is 10.1. The molecule has 1 aromatic carbocycles. The monoisotopic (exact) mass is 289 g/mol. The molecule has 2 aromatic rings. The van der Waals surface area contributed by atoms with Crippen LogP contribution in [0.15, 0.2) is 30.5 Å². The van der Waals surface area contributed by atoms with E-state index in [1.54, 1.807) is 18.2 Å². The maximum absolute atomic E-state index is 11.0. The molecule has 0 fully saturated rings. The van der Waals surface area contributed by atoms with Gasteiger partial charge >= 0.3 is 5.97 Å². The summed E-state index contributed by atoms with van der Waals surface area (Å²) in [5.41, 5.74) is 2.45. The van der Waals surface area contributed by atoms with Crippen molar-refractivity contribution in [2.75, 3.05) is 13.2 Å². The summed E-state index contributed by atoms with van der Waals surface area (Å²) in [6, 6.07) is 6.63. The number of hydrogen-bond acceptors (Lipinski definition) is 4. The van der Waals surface area contributed by atoms with Crippen LogP contribution in [-0.2, 0) is 13.6 Å². The molecule has 0 unspecified atom stereocenters. The van der Waals surface area contributed by atoms with Crippen LogP contribution < -0.4 is 10.1 Å². The summed E-state index contributed by atoms with van der Waals surface area (Å²) in [6.45, 7) is 3.76. The van der Waals surface area contributed by atoms with Gasteiger partial charge < -0.3 is 15.2 Å². The number of carbonyl (C=O) groups is 1. The van der Waals surface area contributed by atoms with Crippen molar-refractivity contribution < 1.29 is 14.6 Å². The van der Waals surface area contributed by atoms with Crippen molar-refractivity contribution in [3.8, 4) is 5.75 Å². The molecule has 2 rings (SSSR count). The molecule has 1 aromatic heterocycles. The van der Waals surface area contributed by atoms with Crippen molar-refractivity contribution in [2.45, 2.75) is 13.5 Å². The Labute approximate surface area is 123 Å². The molecule has 0 saturated carbocycles. The highest BCUT2D eigenvalue weighted by Crippen LogP contribution is 2.17. The molecular weight excluding hydrogens is 270 g/mol. The SMILES string of the molecule is Cc1c(CNCCOc2ccccc2C(=O)O)cnn1C. The Morgan fingerprint density at radius 2 is 2.19 bits per heavy atom. The van der Waals surface area contributed by atoms with Crippen molar-refractivity contribution in [3.05, 3.63) is 47.3 Å². The Morgan fingerprint density at radius 1 is 1.43 bits per heavy atom. The molecule has 6 heteroatoms. The second-order valence-corrected chi connectivity index (χ2v) is 4.71. The van der Waals surface area contributed by atoms with Gasteiger partial charge in [0.1, 0.15) is 17.9 Å². The Morgan fingerprint density at radius 3 is 2.86 bits per heavy atom. The van der Waals surface area contributed by atoms with E-state index >= 15 is 0 Å².